The van der Waals surface area contributed by atoms with Gasteiger partial charge in [0.05, 0.1) is 27.2 Å². The van der Waals surface area contributed by atoms with Crippen LogP contribution >= 0.6 is 0 Å². The van der Waals surface area contributed by atoms with Gasteiger partial charge in [-0.2, -0.15) is 0 Å². The van der Waals surface area contributed by atoms with Crippen LogP contribution < -0.4 is 9.47 Å². The number of hydrogen-bond acceptors (Lipinski definition) is 4. The van der Waals surface area contributed by atoms with E-state index in [-0.39, 0.29) is 11.9 Å². The normalized spacial score (nSPS) is 20.8. The minimum Gasteiger partial charge on any atom is -0.497 e. The highest BCUT2D eigenvalue weighted by Gasteiger charge is 2.43. The minimum atomic E-state index is -0.0809. The molecular weight excluding hydrogens is 244 g/mol. The number of carbonyl (C=O) groups is 1. The first-order chi connectivity index (χ1) is 9.19. The smallest absolute Gasteiger partial charge is 0.308 e. The van der Waals surface area contributed by atoms with E-state index in [1.54, 1.807) is 14.2 Å². The molecule has 104 valence electrons. The zero-order valence-corrected chi connectivity index (χ0v) is 11.6. The number of carbonyl (C=O) groups excluding carboxylic acids is 1. The van der Waals surface area contributed by atoms with Crippen molar-refractivity contribution < 1.29 is 19.0 Å². The van der Waals surface area contributed by atoms with Crippen molar-refractivity contribution in [2.45, 2.75) is 19.3 Å². The van der Waals surface area contributed by atoms with Gasteiger partial charge in [-0.05, 0) is 48.9 Å². The fraction of sp³-hybridized carbons (Fsp3) is 0.533. The lowest BCUT2D eigenvalue weighted by molar-refractivity contribution is -0.142. The first-order valence-corrected chi connectivity index (χ1v) is 6.48. The fourth-order valence-corrected chi connectivity index (χ4v) is 2.42. The largest absolute Gasteiger partial charge is 0.497 e. The van der Waals surface area contributed by atoms with Crippen molar-refractivity contribution in [2.75, 3.05) is 21.3 Å². The first kappa shape index (κ1) is 13.7. The van der Waals surface area contributed by atoms with Crippen LogP contribution in [0.4, 0.5) is 0 Å². The molecule has 19 heavy (non-hydrogen) atoms. The molecule has 0 spiro atoms. The van der Waals surface area contributed by atoms with Crippen molar-refractivity contribution in [3.8, 4) is 11.5 Å². The van der Waals surface area contributed by atoms with Gasteiger partial charge < -0.3 is 14.2 Å². The predicted octanol–water partition coefficient (Wildman–Crippen LogP) is 2.45. The van der Waals surface area contributed by atoms with Crippen LogP contribution in [0.2, 0.25) is 0 Å². The molecular formula is C15H20O4. The van der Waals surface area contributed by atoms with E-state index in [9.17, 15) is 4.79 Å². The van der Waals surface area contributed by atoms with Crippen LogP contribution in [-0.2, 0) is 16.0 Å². The molecule has 0 saturated heterocycles. The third kappa shape index (κ3) is 3.19. The van der Waals surface area contributed by atoms with Crippen molar-refractivity contribution in [1.82, 2.24) is 0 Å². The Hall–Kier alpha value is -1.71. The Labute approximate surface area is 113 Å². The quantitative estimate of drug-likeness (QED) is 0.740. The molecule has 1 aliphatic rings. The molecule has 0 bridgehead atoms. The van der Waals surface area contributed by atoms with Gasteiger partial charge in [0.1, 0.15) is 11.5 Å². The Morgan fingerprint density at radius 3 is 2.68 bits per heavy atom. The third-order valence-electron chi connectivity index (χ3n) is 3.70. The summed E-state index contributed by atoms with van der Waals surface area (Å²) in [6, 6.07) is 5.80. The van der Waals surface area contributed by atoms with E-state index in [0.717, 1.165) is 36.3 Å². The summed E-state index contributed by atoms with van der Waals surface area (Å²) in [7, 11) is 4.77. The van der Waals surface area contributed by atoms with Crippen LogP contribution in [0.1, 0.15) is 18.4 Å². The summed E-state index contributed by atoms with van der Waals surface area (Å²) >= 11 is 0. The lowest BCUT2D eigenvalue weighted by Crippen LogP contribution is -2.04. The molecule has 0 aromatic heterocycles. The average Bonchev–Trinajstić information content (AvgIpc) is 3.23. The second-order valence-corrected chi connectivity index (χ2v) is 4.84. The molecule has 0 aliphatic heterocycles. The zero-order valence-electron chi connectivity index (χ0n) is 11.6. The summed E-state index contributed by atoms with van der Waals surface area (Å²) in [6.07, 6.45) is 2.81. The lowest BCUT2D eigenvalue weighted by Gasteiger charge is -2.10. The summed E-state index contributed by atoms with van der Waals surface area (Å²) in [5.74, 6) is 2.17. The molecule has 1 saturated carbocycles. The standard InChI is InChI=1S/C15H20O4/c1-17-12-6-7-14(18-2)11(8-12)5-4-10-9-13(10)15(16)19-3/h6-8,10,13H,4-5,9H2,1-3H3. The Morgan fingerprint density at radius 1 is 1.26 bits per heavy atom. The van der Waals surface area contributed by atoms with Gasteiger partial charge in [0.2, 0.25) is 0 Å². The molecule has 0 N–H and O–H groups in total. The highest BCUT2D eigenvalue weighted by atomic mass is 16.5. The highest BCUT2D eigenvalue weighted by Crippen LogP contribution is 2.43. The van der Waals surface area contributed by atoms with E-state index in [1.165, 1.54) is 7.11 Å². The van der Waals surface area contributed by atoms with Gasteiger partial charge in [-0.1, -0.05) is 0 Å². The number of rotatable bonds is 6. The van der Waals surface area contributed by atoms with E-state index < -0.39 is 0 Å². The number of hydrogen-bond donors (Lipinski definition) is 0. The molecule has 2 unspecified atom stereocenters. The van der Waals surface area contributed by atoms with Crippen LogP contribution in [0.3, 0.4) is 0 Å². The van der Waals surface area contributed by atoms with Gasteiger partial charge in [-0.25, -0.2) is 0 Å². The van der Waals surface area contributed by atoms with Crippen molar-refractivity contribution >= 4 is 5.97 Å². The van der Waals surface area contributed by atoms with E-state index >= 15 is 0 Å². The van der Waals surface area contributed by atoms with Crippen LogP contribution in [-0.4, -0.2) is 27.3 Å². The molecule has 1 aliphatic carbocycles. The van der Waals surface area contributed by atoms with Crippen LogP contribution in [0, 0.1) is 11.8 Å². The van der Waals surface area contributed by atoms with Crippen molar-refractivity contribution in [3.63, 3.8) is 0 Å². The summed E-state index contributed by atoms with van der Waals surface area (Å²) in [5.41, 5.74) is 1.12. The van der Waals surface area contributed by atoms with Gasteiger partial charge in [0, 0.05) is 0 Å². The highest BCUT2D eigenvalue weighted by molar-refractivity contribution is 5.75. The third-order valence-corrected chi connectivity index (χ3v) is 3.70. The van der Waals surface area contributed by atoms with Crippen LogP contribution in [0.5, 0.6) is 11.5 Å². The summed E-state index contributed by atoms with van der Waals surface area (Å²) in [5, 5.41) is 0. The number of aryl methyl sites for hydroxylation is 1. The summed E-state index contributed by atoms with van der Waals surface area (Å²) < 4.78 is 15.3. The number of methoxy groups -OCH3 is 3. The van der Waals surface area contributed by atoms with E-state index in [0.29, 0.717) is 5.92 Å². The molecule has 2 atom stereocenters. The summed E-state index contributed by atoms with van der Waals surface area (Å²) in [6.45, 7) is 0. The monoisotopic (exact) mass is 264 g/mol. The Kier molecular flexibility index (Phi) is 4.30. The molecule has 0 radical (unpaired) electrons. The molecule has 1 fully saturated rings. The molecule has 4 nitrogen and oxygen atoms in total. The van der Waals surface area contributed by atoms with Gasteiger partial charge in [-0.3, -0.25) is 4.79 Å². The molecule has 2 rings (SSSR count). The van der Waals surface area contributed by atoms with Gasteiger partial charge in [-0.15, -0.1) is 0 Å². The predicted molar refractivity (Wildman–Crippen MR) is 71.5 cm³/mol. The average molecular weight is 264 g/mol. The SMILES string of the molecule is COC(=O)C1CC1CCc1cc(OC)ccc1OC. The molecule has 1 aromatic rings. The zero-order chi connectivity index (χ0) is 13.8. The first-order valence-electron chi connectivity index (χ1n) is 6.48. The van der Waals surface area contributed by atoms with Crippen LogP contribution in [0.25, 0.3) is 0 Å². The minimum absolute atomic E-state index is 0.0809. The molecule has 1 aromatic carbocycles. The summed E-state index contributed by atoms with van der Waals surface area (Å²) in [4.78, 5) is 11.4. The van der Waals surface area contributed by atoms with Crippen molar-refractivity contribution in [1.29, 1.82) is 0 Å². The molecule has 0 amide bonds. The van der Waals surface area contributed by atoms with Crippen molar-refractivity contribution in [2.24, 2.45) is 11.8 Å². The Balaban J connectivity index is 1.94. The molecule has 0 heterocycles. The van der Waals surface area contributed by atoms with Gasteiger partial charge in [0.15, 0.2) is 0 Å². The van der Waals surface area contributed by atoms with E-state index in [1.807, 2.05) is 18.2 Å². The Morgan fingerprint density at radius 2 is 2.05 bits per heavy atom. The number of benzene rings is 1. The number of esters is 1. The molecule has 4 heteroatoms. The second-order valence-electron chi connectivity index (χ2n) is 4.84. The lowest BCUT2D eigenvalue weighted by atomic mass is 10.0. The second kappa shape index (κ2) is 5.95. The van der Waals surface area contributed by atoms with Crippen molar-refractivity contribution in [3.05, 3.63) is 23.8 Å². The fourth-order valence-electron chi connectivity index (χ4n) is 2.42. The Bertz CT molecular complexity index is 455. The van der Waals surface area contributed by atoms with E-state index in [4.69, 9.17) is 14.2 Å². The maximum absolute atomic E-state index is 11.4. The van der Waals surface area contributed by atoms with Crippen LogP contribution in [0.15, 0.2) is 18.2 Å². The van der Waals surface area contributed by atoms with Gasteiger partial charge >= 0.3 is 5.97 Å². The topological polar surface area (TPSA) is 44.8 Å². The number of ether oxygens (including phenoxy) is 3. The maximum Gasteiger partial charge on any atom is 0.308 e. The van der Waals surface area contributed by atoms with Gasteiger partial charge in [0.25, 0.3) is 0 Å². The van der Waals surface area contributed by atoms with E-state index in [2.05, 4.69) is 0 Å². The maximum atomic E-state index is 11.4.